The highest BCUT2D eigenvalue weighted by Crippen LogP contribution is 2.37. The monoisotopic (exact) mass is 467 g/mol. The smallest absolute Gasteiger partial charge is 0.404 e. The lowest BCUT2D eigenvalue weighted by Crippen LogP contribution is -2.58. The maximum atomic E-state index is 14.9. The highest BCUT2D eigenvalue weighted by atomic mass is 19.1. The number of rotatable bonds is 6. The molecule has 1 saturated heterocycles. The number of hydrogen-bond acceptors (Lipinski definition) is 4. The molecule has 178 valence electrons. The van der Waals surface area contributed by atoms with Crippen LogP contribution in [-0.2, 0) is 19.5 Å². The van der Waals surface area contributed by atoms with E-state index in [4.69, 9.17) is 0 Å². The Morgan fingerprint density at radius 1 is 1.21 bits per heavy atom. The van der Waals surface area contributed by atoms with Gasteiger partial charge < -0.3 is 15.4 Å². The molecule has 3 aromatic rings. The van der Waals surface area contributed by atoms with Gasteiger partial charge in [-0.2, -0.15) is 0 Å². The van der Waals surface area contributed by atoms with Crippen LogP contribution in [0, 0.1) is 11.6 Å². The molecule has 0 radical (unpaired) electrons. The average molecular weight is 468 g/mol. The van der Waals surface area contributed by atoms with Crippen molar-refractivity contribution in [2.24, 2.45) is 0 Å². The summed E-state index contributed by atoms with van der Waals surface area (Å²) in [4.78, 5) is 23.8. The summed E-state index contributed by atoms with van der Waals surface area (Å²) < 4.78 is 29.1. The van der Waals surface area contributed by atoms with Gasteiger partial charge >= 0.3 is 6.09 Å². The van der Waals surface area contributed by atoms with Crippen molar-refractivity contribution < 1.29 is 18.7 Å². The van der Waals surface area contributed by atoms with E-state index in [1.165, 1.54) is 17.3 Å². The minimum absolute atomic E-state index is 0.0502. The number of nitrogens with zero attached hydrogens (tertiary/aromatic N) is 3. The number of nitrogens with one attached hydrogen (secondary N) is 2. The predicted octanol–water partition coefficient (Wildman–Crippen LogP) is 3.70. The number of benzene rings is 1. The Hall–Kier alpha value is -3.30. The topological polar surface area (TPSA) is 84.5 Å². The van der Waals surface area contributed by atoms with E-state index >= 15 is 0 Å². The second-order valence-corrected chi connectivity index (χ2v) is 9.01. The molecular weight excluding hydrogens is 440 g/mol. The summed E-state index contributed by atoms with van der Waals surface area (Å²) in [6.45, 7) is 2.66. The SMILES string of the molecule is O=C(O)N[C@H]1C[C@@H](N2Cc3cc[nH]c3C2)CN(CCc2ccccn2)[C@H]1c1cc(F)ccc1F. The van der Waals surface area contributed by atoms with E-state index in [1.807, 2.05) is 24.4 Å². The van der Waals surface area contributed by atoms with E-state index < -0.39 is 29.8 Å². The van der Waals surface area contributed by atoms with E-state index in [0.29, 0.717) is 25.9 Å². The lowest BCUT2D eigenvalue weighted by molar-refractivity contribution is 0.0321. The first kappa shape index (κ1) is 22.5. The molecule has 3 atom stereocenters. The van der Waals surface area contributed by atoms with Gasteiger partial charge in [0, 0.05) is 68.0 Å². The molecule has 3 N–H and O–H groups in total. The Bertz CT molecular complexity index is 1130. The number of amides is 1. The van der Waals surface area contributed by atoms with Gasteiger partial charge in [0.1, 0.15) is 11.6 Å². The molecule has 2 aliphatic rings. The van der Waals surface area contributed by atoms with Crippen LogP contribution in [0.15, 0.2) is 54.9 Å². The Balaban J connectivity index is 1.46. The Kier molecular flexibility index (Phi) is 6.30. The van der Waals surface area contributed by atoms with E-state index in [9.17, 15) is 18.7 Å². The Morgan fingerprint density at radius 2 is 2.09 bits per heavy atom. The summed E-state index contributed by atoms with van der Waals surface area (Å²) in [6.07, 6.45) is 3.59. The first-order valence-corrected chi connectivity index (χ1v) is 11.5. The van der Waals surface area contributed by atoms with Gasteiger partial charge in [0.05, 0.1) is 12.1 Å². The standard InChI is InChI=1S/C25H27F2N5O2/c26-17-4-5-21(27)20(11-17)24-22(30-25(33)34)12-19(32-13-16-6-9-29-23(16)15-32)14-31(24)10-7-18-3-1-2-8-28-18/h1-6,8-9,11,19,22,24,29-30H,7,10,12-15H2,(H,33,34)/t19-,22+,24+/m1/s1. The lowest BCUT2D eigenvalue weighted by atomic mass is 9.86. The first-order valence-electron chi connectivity index (χ1n) is 11.5. The minimum Gasteiger partial charge on any atom is -0.465 e. The highest BCUT2D eigenvalue weighted by Gasteiger charge is 2.42. The molecule has 0 aliphatic carbocycles. The normalized spacial score (nSPS) is 23.1. The third-order valence-electron chi connectivity index (χ3n) is 6.89. The molecule has 34 heavy (non-hydrogen) atoms. The summed E-state index contributed by atoms with van der Waals surface area (Å²) in [5.74, 6) is -1.09. The zero-order chi connectivity index (χ0) is 23.7. The fraction of sp³-hybridized carbons (Fsp3) is 0.360. The van der Waals surface area contributed by atoms with Gasteiger partial charge in [-0.05, 0) is 48.4 Å². The van der Waals surface area contributed by atoms with Gasteiger partial charge in [-0.3, -0.25) is 14.8 Å². The second-order valence-electron chi connectivity index (χ2n) is 9.01. The van der Waals surface area contributed by atoms with Crippen LogP contribution in [0.3, 0.4) is 0 Å². The molecule has 2 aromatic heterocycles. The molecule has 0 unspecified atom stereocenters. The molecule has 0 spiro atoms. The Labute approximate surface area is 196 Å². The molecule has 1 aromatic carbocycles. The number of aromatic nitrogens is 2. The summed E-state index contributed by atoms with van der Waals surface area (Å²) in [7, 11) is 0. The lowest BCUT2D eigenvalue weighted by Gasteiger charge is -2.47. The zero-order valence-corrected chi connectivity index (χ0v) is 18.6. The molecular formula is C25H27F2N5O2. The minimum atomic E-state index is -1.18. The van der Waals surface area contributed by atoms with Crippen molar-refractivity contribution in [3.63, 3.8) is 0 Å². The van der Waals surface area contributed by atoms with Crippen LogP contribution in [0.1, 0.15) is 35.0 Å². The molecule has 9 heteroatoms. The number of carboxylic acid groups (broad SMARTS) is 1. The van der Waals surface area contributed by atoms with E-state index in [-0.39, 0.29) is 11.6 Å². The number of aromatic amines is 1. The number of halogens is 2. The van der Waals surface area contributed by atoms with Crippen LogP contribution < -0.4 is 5.32 Å². The van der Waals surface area contributed by atoms with Gasteiger partial charge in [-0.15, -0.1) is 0 Å². The van der Waals surface area contributed by atoms with Gasteiger partial charge in [-0.1, -0.05) is 6.07 Å². The maximum Gasteiger partial charge on any atom is 0.404 e. The van der Waals surface area contributed by atoms with Crippen molar-refractivity contribution in [3.05, 3.63) is 89.0 Å². The molecule has 2 aliphatic heterocycles. The van der Waals surface area contributed by atoms with E-state index in [0.717, 1.165) is 30.9 Å². The van der Waals surface area contributed by atoms with Gasteiger partial charge in [-0.25, -0.2) is 13.6 Å². The fourth-order valence-electron chi connectivity index (χ4n) is 5.35. The van der Waals surface area contributed by atoms with Crippen LogP contribution >= 0.6 is 0 Å². The van der Waals surface area contributed by atoms with Crippen LogP contribution in [-0.4, -0.2) is 56.1 Å². The van der Waals surface area contributed by atoms with Gasteiger partial charge in [0.15, 0.2) is 0 Å². The summed E-state index contributed by atoms with van der Waals surface area (Å²) in [5.41, 5.74) is 3.47. The molecule has 1 amide bonds. The van der Waals surface area contributed by atoms with Crippen LogP contribution in [0.2, 0.25) is 0 Å². The summed E-state index contributed by atoms with van der Waals surface area (Å²) in [5, 5.41) is 12.2. The quantitative estimate of drug-likeness (QED) is 0.515. The molecule has 1 fully saturated rings. The second kappa shape index (κ2) is 9.52. The van der Waals surface area contributed by atoms with Crippen molar-refractivity contribution in [3.8, 4) is 0 Å². The van der Waals surface area contributed by atoms with Crippen molar-refractivity contribution in [2.75, 3.05) is 13.1 Å². The van der Waals surface area contributed by atoms with Crippen LogP contribution in [0.4, 0.5) is 13.6 Å². The van der Waals surface area contributed by atoms with E-state index in [1.54, 1.807) is 6.20 Å². The zero-order valence-electron chi connectivity index (χ0n) is 18.6. The third-order valence-corrected chi connectivity index (χ3v) is 6.89. The van der Waals surface area contributed by atoms with Crippen molar-refractivity contribution in [2.45, 2.75) is 44.1 Å². The number of fused-ring (bicyclic) bond motifs is 1. The molecule has 4 heterocycles. The first-order chi connectivity index (χ1) is 16.5. The van der Waals surface area contributed by atoms with Crippen molar-refractivity contribution in [1.82, 2.24) is 25.1 Å². The van der Waals surface area contributed by atoms with Gasteiger partial charge in [0.25, 0.3) is 0 Å². The highest BCUT2D eigenvalue weighted by molar-refractivity contribution is 5.65. The fourth-order valence-corrected chi connectivity index (χ4v) is 5.35. The number of H-pyrrole nitrogens is 1. The average Bonchev–Trinajstić information content (AvgIpc) is 3.42. The summed E-state index contributed by atoms with van der Waals surface area (Å²) >= 11 is 0. The van der Waals surface area contributed by atoms with E-state index in [2.05, 4.69) is 31.2 Å². The van der Waals surface area contributed by atoms with Crippen molar-refractivity contribution >= 4 is 6.09 Å². The van der Waals surface area contributed by atoms with Crippen LogP contribution in [0.25, 0.3) is 0 Å². The number of pyridine rings is 1. The van der Waals surface area contributed by atoms with Gasteiger partial charge in [0.2, 0.25) is 0 Å². The predicted molar refractivity (Wildman–Crippen MR) is 122 cm³/mol. The van der Waals surface area contributed by atoms with Crippen molar-refractivity contribution in [1.29, 1.82) is 0 Å². The number of piperidine rings is 1. The summed E-state index contributed by atoms with van der Waals surface area (Å²) in [6, 6.07) is 9.95. The van der Waals surface area contributed by atoms with Crippen LogP contribution in [0.5, 0.6) is 0 Å². The number of likely N-dealkylation sites (tertiary alicyclic amines) is 1. The largest absolute Gasteiger partial charge is 0.465 e. The number of hydrogen-bond donors (Lipinski definition) is 3. The molecule has 0 bridgehead atoms. The molecule has 7 nitrogen and oxygen atoms in total. The maximum absolute atomic E-state index is 14.9. The molecule has 0 saturated carbocycles. The Morgan fingerprint density at radius 3 is 2.85 bits per heavy atom. The number of carbonyl (C=O) groups is 1. The third kappa shape index (κ3) is 4.67. The molecule has 5 rings (SSSR count).